The third-order valence-corrected chi connectivity index (χ3v) is 3.24. The Bertz CT molecular complexity index is 587. The molecule has 0 saturated heterocycles. The molecule has 1 heterocycles. The second kappa shape index (κ2) is 10.8. The predicted octanol–water partition coefficient (Wildman–Crippen LogP) is 2.62. The SMILES string of the molecule is CN=C(NCCc1ccccn1)NCc1ccc(OC)cc1.I. The number of nitrogens with zero attached hydrogens (tertiary/aromatic N) is 2. The molecule has 1 aromatic carbocycles. The van der Waals surface area contributed by atoms with Crippen LogP contribution in [0.15, 0.2) is 53.7 Å². The minimum absolute atomic E-state index is 0. The van der Waals surface area contributed by atoms with Gasteiger partial charge in [0.2, 0.25) is 0 Å². The highest BCUT2D eigenvalue weighted by Crippen LogP contribution is 2.10. The maximum absolute atomic E-state index is 5.15. The fourth-order valence-corrected chi connectivity index (χ4v) is 2.00. The van der Waals surface area contributed by atoms with Crippen LogP contribution in [0.5, 0.6) is 5.75 Å². The summed E-state index contributed by atoms with van der Waals surface area (Å²) in [5, 5.41) is 6.57. The van der Waals surface area contributed by atoms with Crippen molar-refractivity contribution in [2.75, 3.05) is 20.7 Å². The molecule has 0 radical (unpaired) electrons. The number of halogens is 1. The minimum atomic E-state index is 0. The van der Waals surface area contributed by atoms with Crippen LogP contribution in [0.3, 0.4) is 0 Å². The number of methoxy groups -OCH3 is 1. The van der Waals surface area contributed by atoms with Gasteiger partial charge in [0, 0.05) is 38.4 Å². The number of ether oxygens (including phenoxy) is 1. The predicted molar refractivity (Wildman–Crippen MR) is 105 cm³/mol. The van der Waals surface area contributed by atoms with Crippen LogP contribution < -0.4 is 15.4 Å². The van der Waals surface area contributed by atoms with Gasteiger partial charge in [0.05, 0.1) is 7.11 Å². The van der Waals surface area contributed by atoms with Crippen LogP contribution in [0.2, 0.25) is 0 Å². The Morgan fingerprint density at radius 1 is 1.13 bits per heavy atom. The summed E-state index contributed by atoms with van der Waals surface area (Å²) < 4.78 is 5.15. The minimum Gasteiger partial charge on any atom is -0.497 e. The molecule has 0 aliphatic rings. The molecule has 23 heavy (non-hydrogen) atoms. The summed E-state index contributed by atoms with van der Waals surface area (Å²) in [7, 11) is 3.44. The van der Waals surface area contributed by atoms with E-state index >= 15 is 0 Å². The third-order valence-electron chi connectivity index (χ3n) is 3.24. The van der Waals surface area contributed by atoms with Crippen molar-refractivity contribution in [2.24, 2.45) is 4.99 Å². The van der Waals surface area contributed by atoms with Gasteiger partial charge in [0.1, 0.15) is 5.75 Å². The van der Waals surface area contributed by atoms with Crippen LogP contribution in [0, 0.1) is 0 Å². The summed E-state index contributed by atoms with van der Waals surface area (Å²) in [6, 6.07) is 13.9. The van der Waals surface area contributed by atoms with E-state index in [1.54, 1.807) is 14.2 Å². The van der Waals surface area contributed by atoms with Crippen molar-refractivity contribution in [3.8, 4) is 5.75 Å². The number of nitrogens with one attached hydrogen (secondary N) is 2. The number of benzene rings is 1. The van der Waals surface area contributed by atoms with Crippen molar-refractivity contribution in [3.63, 3.8) is 0 Å². The Balaban J connectivity index is 0.00000264. The lowest BCUT2D eigenvalue weighted by Gasteiger charge is -2.12. The van der Waals surface area contributed by atoms with Crippen molar-refractivity contribution < 1.29 is 4.74 Å². The first kappa shape index (κ1) is 19.2. The molecule has 0 fully saturated rings. The Hall–Kier alpha value is -1.83. The van der Waals surface area contributed by atoms with E-state index in [1.807, 2.05) is 48.7 Å². The topological polar surface area (TPSA) is 58.5 Å². The van der Waals surface area contributed by atoms with Crippen LogP contribution in [-0.4, -0.2) is 31.6 Å². The summed E-state index contributed by atoms with van der Waals surface area (Å²) in [5.41, 5.74) is 2.24. The molecule has 0 spiro atoms. The van der Waals surface area contributed by atoms with E-state index in [1.165, 1.54) is 5.56 Å². The molecule has 6 heteroatoms. The number of rotatable bonds is 6. The van der Waals surface area contributed by atoms with Gasteiger partial charge in [-0.05, 0) is 29.8 Å². The zero-order valence-electron chi connectivity index (χ0n) is 13.5. The fourth-order valence-electron chi connectivity index (χ4n) is 2.00. The number of hydrogen-bond acceptors (Lipinski definition) is 3. The van der Waals surface area contributed by atoms with Gasteiger partial charge in [-0.3, -0.25) is 9.98 Å². The van der Waals surface area contributed by atoms with E-state index in [-0.39, 0.29) is 24.0 Å². The third kappa shape index (κ3) is 6.85. The Morgan fingerprint density at radius 2 is 1.91 bits per heavy atom. The Morgan fingerprint density at radius 3 is 2.52 bits per heavy atom. The average Bonchev–Trinajstić information content (AvgIpc) is 2.59. The highest BCUT2D eigenvalue weighted by atomic mass is 127. The van der Waals surface area contributed by atoms with Gasteiger partial charge < -0.3 is 15.4 Å². The van der Waals surface area contributed by atoms with Gasteiger partial charge >= 0.3 is 0 Å². The van der Waals surface area contributed by atoms with Gasteiger partial charge in [-0.25, -0.2) is 0 Å². The lowest BCUT2D eigenvalue weighted by Crippen LogP contribution is -2.37. The van der Waals surface area contributed by atoms with E-state index in [9.17, 15) is 0 Å². The molecule has 1 aromatic heterocycles. The van der Waals surface area contributed by atoms with E-state index in [4.69, 9.17) is 4.74 Å². The highest BCUT2D eigenvalue weighted by Gasteiger charge is 1.99. The van der Waals surface area contributed by atoms with Gasteiger partial charge in [-0.2, -0.15) is 0 Å². The van der Waals surface area contributed by atoms with Gasteiger partial charge in [-0.1, -0.05) is 18.2 Å². The molecule has 0 saturated carbocycles. The Kier molecular flexibility index (Phi) is 9.04. The number of hydrogen-bond donors (Lipinski definition) is 2. The quantitative estimate of drug-likeness (QED) is 0.424. The number of pyridine rings is 1. The zero-order valence-corrected chi connectivity index (χ0v) is 15.8. The van der Waals surface area contributed by atoms with Crippen molar-refractivity contribution in [1.82, 2.24) is 15.6 Å². The molecule has 2 N–H and O–H groups in total. The molecular formula is C17H23IN4O. The van der Waals surface area contributed by atoms with E-state index in [0.29, 0.717) is 6.54 Å². The first-order valence-corrected chi connectivity index (χ1v) is 7.29. The van der Waals surface area contributed by atoms with E-state index < -0.39 is 0 Å². The largest absolute Gasteiger partial charge is 0.497 e. The maximum Gasteiger partial charge on any atom is 0.191 e. The molecule has 124 valence electrons. The van der Waals surface area contributed by atoms with Crippen molar-refractivity contribution in [3.05, 3.63) is 59.9 Å². The van der Waals surface area contributed by atoms with Crippen LogP contribution in [0.4, 0.5) is 0 Å². The zero-order chi connectivity index (χ0) is 15.6. The number of aromatic nitrogens is 1. The smallest absolute Gasteiger partial charge is 0.191 e. The second-order valence-corrected chi connectivity index (χ2v) is 4.77. The highest BCUT2D eigenvalue weighted by molar-refractivity contribution is 14.0. The molecule has 5 nitrogen and oxygen atoms in total. The molecule has 0 unspecified atom stereocenters. The molecular weight excluding hydrogens is 403 g/mol. The molecule has 0 aliphatic carbocycles. The number of aliphatic imine (C=N–C) groups is 1. The second-order valence-electron chi connectivity index (χ2n) is 4.77. The first-order chi connectivity index (χ1) is 10.8. The molecule has 0 atom stereocenters. The van der Waals surface area contributed by atoms with Crippen LogP contribution in [0.25, 0.3) is 0 Å². The standard InChI is InChI=1S/C17H22N4O.HI/c1-18-17(20-12-10-15-5-3-4-11-19-15)21-13-14-6-8-16(22-2)9-7-14;/h3-9,11H,10,12-13H2,1-2H3,(H2,18,20,21);1H. The average molecular weight is 426 g/mol. The lowest BCUT2D eigenvalue weighted by atomic mass is 10.2. The normalized spacial score (nSPS) is 10.6. The first-order valence-electron chi connectivity index (χ1n) is 7.29. The van der Waals surface area contributed by atoms with E-state index in [2.05, 4.69) is 20.6 Å². The summed E-state index contributed by atoms with van der Waals surface area (Å²) >= 11 is 0. The van der Waals surface area contributed by atoms with Gasteiger partial charge in [0.25, 0.3) is 0 Å². The van der Waals surface area contributed by atoms with Crippen molar-refractivity contribution >= 4 is 29.9 Å². The van der Waals surface area contributed by atoms with Crippen molar-refractivity contribution in [2.45, 2.75) is 13.0 Å². The van der Waals surface area contributed by atoms with Crippen LogP contribution in [-0.2, 0) is 13.0 Å². The summed E-state index contributed by atoms with van der Waals surface area (Å²) in [6.45, 7) is 1.51. The van der Waals surface area contributed by atoms with Gasteiger partial charge in [0.15, 0.2) is 5.96 Å². The molecule has 0 bridgehead atoms. The lowest BCUT2D eigenvalue weighted by molar-refractivity contribution is 0.414. The van der Waals surface area contributed by atoms with E-state index in [0.717, 1.165) is 30.4 Å². The Labute approximate surface area is 154 Å². The summed E-state index contributed by atoms with van der Waals surface area (Å²) in [5.74, 6) is 1.65. The van der Waals surface area contributed by atoms with Gasteiger partial charge in [-0.15, -0.1) is 24.0 Å². The summed E-state index contributed by atoms with van der Waals surface area (Å²) in [4.78, 5) is 8.52. The number of guanidine groups is 1. The fraction of sp³-hybridized carbons (Fsp3) is 0.294. The molecule has 2 rings (SSSR count). The van der Waals surface area contributed by atoms with Crippen molar-refractivity contribution in [1.29, 1.82) is 0 Å². The molecule has 2 aromatic rings. The monoisotopic (exact) mass is 426 g/mol. The molecule has 0 amide bonds. The van der Waals surface area contributed by atoms with Crippen LogP contribution >= 0.6 is 24.0 Å². The molecule has 0 aliphatic heterocycles. The maximum atomic E-state index is 5.15. The summed E-state index contributed by atoms with van der Waals surface area (Å²) in [6.07, 6.45) is 2.68. The van der Waals surface area contributed by atoms with Crippen LogP contribution in [0.1, 0.15) is 11.3 Å².